The van der Waals surface area contributed by atoms with Gasteiger partial charge in [-0.3, -0.25) is 9.69 Å². The number of piperidine rings is 1. The molecule has 178 valence electrons. The van der Waals surface area contributed by atoms with E-state index in [0.717, 1.165) is 30.6 Å². The fraction of sp³-hybridized carbons (Fsp3) is 0.375. The van der Waals surface area contributed by atoms with Crippen molar-refractivity contribution >= 4 is 38.6 Å². The van der Waals surface area contributed by atoms with Gasteiger partial charge in [-0.15, -0.1) is 0 Å². The average molecular weight is 484 g/mol. The molecule has 0 saturated carbocycles. The summed E-state index contributed by atoms with van der Waals surface area (Å²) in [4.78, 5) is 27.0. The lowest BCUT2D eigenvalue weighted by atomic mass is 9.98. The van der Waals surface area contributed by atoms with Crippen LogP contribution in [-0.4, -0.2) is 61.8 Å². The van der Waals surface area contributed by atoms with Gasteiger partial charge in [-0.2, -0.15) is 4.31 Å². The number of carbonyl (C=O) groups excluding carboxylic acids is 1. The molecule has 0 N–H and O–H groups in total. The molecular formula is C24H26FN5O3S. The number of anilines is 2. The molecule has 10 heteroatoms. The van der Waals surface area contributed by atoms with E-state index in [0.29, 0.717) is 43.1 Å². The molecule has 1 fully saturated rings. The zero-order chi connectivity index (χ0) is 23.9. The van der Waals surface area contributed by atoms with Crippen molar-refractivity contribution in [2.24, 2.45) is 5.92 Å². The number of sulfonamides is 1. The van der Waals surface area contributed by atoms with Gasteiger partial charge in [0.05, 0.1) is 21.8 Å². The van der Waals surface area contributed by atoms with Gasteiger partial charge in [-0.1, -0.05) is 12.1 Å². The average Bonchev–Trinajstić information content (AvgIpc) is 3.01. The highest BCUT2D eigenvalue weighted by Gasteiger charge is 2.37. The third-order valence-electron chi connectivity index (χ3n) is 6.48. The predicted molar refractivity (Wildman–Crippen MR) is 128 cm³/mol. The number of halogens is 1. The molecule has 0 bridgehead atoms. The SMILES string of the molecule is CN1CCCN(C(=O)C2CCCN(S(=O)(=O)c3ccc(F)cc3)C2)c2nc3ccccc3nc21. The fourth-order valence-corrected chi connectivity index (χ4v) is 6.17. The third kappa shape index (κ3) is 4.12. The van der Waals surface area contributed by atoms with E-state index in [1.54, 1.807) is 4.90 Å². The maximum absolute atomic E-state index is 13.7. The van der Waals surface area contributed by atoms with E-state index in [2.05, 4.69) is 0 Å². The first-order valence-electron chi connectivity index (χ1n) is 11.4. The summed E-state index contributed by atoms with van der Waals surface area (Å²) in [5.41, 5.74) is 1.47. The molecule has 0 radical (unpaired) electrons. The standard InChI is InChI=1S/C24H26FN5O3S/c1-28-13-5-15-30(23-22(28)26-20-7-2-3-8-21(20)27-23)24(31)17-6-4-14-29(16-17)34(32,33)19-11-9-18(25)10-12-19/h2-3,7-12,17H,4-6,13-16H2,1H3. The van der Waals surface area contributed by atoms with Crippen molar-refractivity contribution in [1.29, 1.82) is 0 Å². The third-order valence-corrected chi connectivity index (χ3v) is 8.36. The molecular weight excluding hydrogens is 457 g/mol. The summed E-state index contributed by atoms with van der Waals surface area (Å²) in [7, 11) is -1.88. The second-order valence-electron chi connectivity index (χ2n) is 8.78. The normalized spacial score (nSPS) is 19.6. The number of amides is 1. The van der Waals surface area contributed by atoms with Gasteiger partial charge in [-0.25, -0.2) is 22.8 Å². The molecule has 34 heavy (non-hydrogen) atoms. The van der Waals surface area contributed by atoms with Crippen molar-refractivity contribution in [3.8, 4) is 0 Å². The molecule has 0 spiro atoms. The first-order valence-corrected chi connectivity index (χ1v) is 12.8. The molecule has 3 heterocycles. The van der Waals surface area contributed by atoms with E-state index in [1.807, 2.05) is 36.2 Å². The van der Waals surface area contributed by atoms with Gasteiger partial charge in [0.15, 0.2) is 11.6 Å². The summed E-state index contributed by atoms with van der Waals surface area (Å²) in [6, 6.07) is 12.3. The van der Waals surface area contributed by atoms with Gasteiger partial charge in [0.25, 0.3) is 0 Å². The molecule has 3 aromatic rings. The number of para-hydroxylation sites is 2. The smallest absolute Gasteiger partial charge is 0.243 e. The van der Waals surface area contributed by atoms with Gasteiger partial charge in [-0.05, 0) is 55.7 Å². The second-order valence-corrected chi connectivity index (χ2v) is 10.7. The van der Waals surface area contributed by atoms with Gasteiger partial charge >= 0.3 is 0 Å². The predicted octanol–water partition coefficient (Wildman–Crippen LogP) is 3.04. The van der Waals surface area contributed by atoms with Crippen LogP contribution in [0.3, 0.4) is 0 Å². The number of aromatic nitrogens is 2. The van der Waals surface area contributed by atoms with Crippen LogP contribution in [0, 0.1) is 11.7 Å². The highest BCUT2D eigenvalue weighted by Crippen LogP contribution is 2.33. The molecule has 1 amide bonds. The minimum Gasteiger partial charge on any atom is -0.357 e. The maximum Gasteiger partial charge on any atom is 0.243 e. The molecule has 0 aliphatic carbocycles. The fourth-order valence-electron chi connectivity index (χ4n) is 4.65. The Hall–Kier alpha value is -3.11. The van der Waals surface area contributed by atoms with Gasteiger partial charge in [0, 0.05) is 33.2 Å². The Morgan fingerprint density at radius 2 is 1.62 bits per heavy atom. The Kier molecular flexibility index (Phi) is 5.95. The van der Waals surface area contributed by atoms with Crippen LogP contribution in [0.25, 0.3) is 11.0 Å². The van der Waals surface area contributed by atoms with Crippen LogP contribution < -0.4 is 9.80 Å². The first-order chi connectivity index (χ1) is 16.3. The molecule has 8 nitrogen and oxygen atoms in total. The molecule has 1 aromatic heterocycles. The van der Waals surface area contributed by atoms with E-state index in [4.69, 9.17) is 9.97 Å². The topological polar surface area (TPSA) is 86.7 Å². The number of carbonyl (C=O) groups is 1. The van der Waals surface area contributed by atoms with Crippen molar-refractivity contribution in [3.05, 3.63) is 54.3 Å². The van der Waals surface area contributed by atoms with Crippen LogP contribution in [0.1, 0.15) is 19.3 Å². The first kappa shape index (κ1) is 22.7. The zero-order valence-electron chi connectivity index (χ0n) is 18.9. The Morgan fingerprint density at radius 3 is 2.32 bits per heavy atom. The van der Waals surface area contributed by atoms with Gasteiger partial charge in [0.1, 0.15) is 5.82 Å². The van der Waals surface area contributed by atoms with E-state index in [-0.39, 0.29) is 17.3 Å². The van der Waals surface area contributed by atoms with Crippen molar-refractivity contribution in [3.63, 3.8) is 0 Å². The summed E-state index contributed by atoms with van der Waals surface area (Å²) >= 11 is 0. The number of hydrogen-bond donors (Lipinski definition) is 0. The van der Waals surface area contributed by atoms with E-state index >= 15 is 0 Å². The lowest BCUT2D eigenvalue weighted by Gasteiger charge is -2.34. The quantitative estimate of drug-likeness (QED) is 0.569. The molecule has 1 unspecified atom stereocenters. The van der Waals surface area contributed by atoms with Crippen LogP contribution in [0.4, 0.5) is 16.0 Å². The van der Waals surface area contributed by atoms with Crippen LogP contribution in [0.15, 0.2) is 53.4 Å². The van der Waals surface area contributed by atoms with Crippen molar-refractivity contribution < 1.29 is 17.6 Å². The molecule has 2 aliphatic heterocycles. The summed E-state index contributed by atoms with van der Waals surface area (Å²) < 4.78 is 40.9. The van der Waals surface area contributed by atoms with Crippen molar-refractivity contribution in [2.75, 3.05) is 43.0 Å². The zero-order valence-corrected chi connectivity index (χ0v) is 19.7. The largest absolute Gasteiger partial charge is 0.357 e. The van der Waals surface area contributed by atoms with Crippen molar-refractivity contribution in [2.45, 2.75) is 24.2 Å². The second kappa shape index (κ2) is 8.92. The number of fused-ring (bicyclic) bond motifs is 2. The summed E-state index contributed by atoms with van der Waals surface area (Å²) in [6.45, 7) is 1.64. The van der Waals surface area contributed by atoms with Crippen LogP contribution >= 0.6 is 0 Å². The minimum atomic E-state index is -3.82. The lowest BCUT2D eigenvalue weighted by molar-refractivity contribution is -0.123. The molecule has 2 aromatic carbocycles. The van der Waals surface area contributed by atoms with Crippen LogP contribution in [0.2, 0.25) is 0 Å². The van der Waals surface area contributed by atoms with Gasteiger partial charge < -0.3 is 4.90 Å². The number of rotatable bonds is 3. The Labute approximate surface area is 198 Å². The molecule has 1 atom stereocenters. The van der Waals surface area contributed by atoms with Crippen molar-refractivity contribution in [1.82, 2.24) is 14.3 Å². The Morgan fingerprint density at radius 1 is 0.941 bits per heavy atom. The highest BCUT2D eigenvalue weighted by molar-refractivity contribution is 7.89. The lowest BCUT2D eigenvalue weighted by Crippen LogP contribution is -2.47. The summed E-state index contributed by atoms with van der Waals surface area (Å²) in [5, 5.41) is 0. The Bertz CT molecular complexity index is 1330. The maximum atomic E-state index is 13.7. The highest BCUT2D eigenvalue weighted by atomic mass is 32.2. The van der Waals surface area contributed by atoms with Crippen LogP contribution in [0.5, 0.6) is 0 Å². The number of benzene rings is 2. The number of hydrogen-bond acceptors (Lipinski definition) is 6. The Balaban J connectivity index is 1.44. The minimum absolute atomic E-state index is 0.0288. The number of nitrogens with zero attached hydrogens (tertiary/aromatic N) is 5. The molecule has 1 saturated heterocycles. The van der Waals surface area contributed by atoms with E-state index in [9.17, 15) is 17.6 Å². The van der Waals surface area contributed by atoms with Crippen LogP contribution in [-0.2, 0) is 14.8 Å². The van der Waals surface area contributed by atoms with E-state index < -0.39 is 21.8 Å². The van der Waals surface area contributed by atoms with E-state index in [1.165, 1.54) is 16.4 Å². The molecule has 2 aliphatic rings. The molecule has 5 rings (SSSR count). The van der Waals surface area contributed by atoms with Gasteiger partial charge in [0.2, 0.25) is 15.9 Å². The monoisotopic (exact) mass is 483 g/mol. The summed E-state index contributed by atoms with van der Waals surface area (Å²) in [6.07, 6.45) is 1.92. The summed E-state index contributed by atoms with van der Waals surface area (Å²) in [5.74, 6) is 0.0380.